The fourth-order valence-electron chi connectivity index (χ4n) is 2.83. The molecular formula is C17H19N3O3S2. The molecule has 6 nitrogen and oxygen atoms in total. The van der Waals surface area contributed by atoms with Crippen LogP contribution in [-0.4, -0.2) is 49.9 Å². The van der Waals surface area contributed by atoms with Gasteiger partial charge in [-0.2, -0.15) is 0 Å². The van der Waals surface area contributed by atoms with Gasteiger partial charge in [0.05, 0.1) is 12.2 Å². The van der Waals surface area contributed by atoms with Crippen molar-refractivity contribution >= 4 is 45.2 Å². The second-order valence-electron chi connectivity index (χ2n) is 5.64. The van der Waals surface area contributed by atoms with Crippen LogP contribution < -0.4 is 0 Å². The van der Waals surface area contributed by atoms with Gasteiger partial charge in [0.15, 0.2) is 5.12 Å². The Kier molecular flexibility index (Phi) is 5.60. The van der Waals surface area contributed by atoms with Crippen molar-refractivity contribution in [1.29, 1.82) is 0 Å². The third-order valence-corrected chi connectivity index (χ3v) is 5.66. The Bertz CT molecular complexity index is 811. The first-order valence-electron chi connectivity index (χ1n) is 7.88. The van der Waals surface area contributed by atoms with Crippen LogP contribution in [0.2, 0.25) is 0 Å². The van der Waals surface area contributed by atoms with Gasteiger partial charge in [-0.15, -0.1) is 11.3 Å². The monoisotopic (exact) mass is 377 g/mol. The van der Waals surface area contributed by atoms with Gasteiger partial charge in [-0.1, -0.05) is 30.5 Å². The van der Waals surface area contributed by atoms with E-state index in [2.05, 4.69) is 11.6 Å². The lowest BCUT2D eigenvalue weighted by Crippen LogP contribution is -2.35. The number of rotatable bonds is 5. The van der Waals surface area contributed by atoms with Gasteiger partial charge in [0.2, 0.25) is 0 Å². The third kappa shape index (κ3) is 4.13. The number of hydrogen-bond donors (Lipinski definition) is 0. The molecule has 2 atom stereocenters. The summed E-state index contributed by atoms with van der Waals surface area (Å²) in [5.41, 5.74) is 0. The number of carbonyl (C=O) groups excluding carboxylic acids is 2. The minimum Gasteiger partial charge on any atom is -0.445 e. The first-order chi connectivity index (χ1) is 12.1. The molecule has 0 bridgehead atoms. The summed E-state index contributed by atoms with van der Waals surface area (Å²) in [6.45, 7) is 5.77. The van der Waals surface area contributed by atoms with Crippen LogP contribution in [0.3, 0.4) is 0 Å². The minimum atomic E-state index is -0.384. The lowest BCUT2D eigenvalue weighted by Gasteiger charge is -2.21. The van der Waals surface area contributed by atoms with Crippen LogP contribution in [0.15, 0.2) is 36.5 Å². The summed E-state index contributed by atoms with van der Waals surface area (Å²) >= 11 is 2.90. The molecule has 2 aromatic heterocycles. The second-order valence-corrected chi connectivity index (χ2v) is 8.04. The van der Waals surface area contributed by atoms with Crippen molar-refractivity contribution in [2.75, 3.05) is 13.2 Å². The predicted molar refractivity (Wildman–Crippen MR) is 101 cm³/mol. The van der Waals surface area contributed by atoms with Crippen LogP contribution in [0.5, 0.6) is 0 Å². The maximum Gasteiger partial charge on any atom is 0.410 e. The maximum atomic E-state index is 12.3. The Morgan fingerprint density at radius 1 is 1.56 bits per heavy atom. The third-order valence-electron chi connectivity index (χ3n) is 3.85. The van der Waals surface area contributed by atoms with Crippen molar-refractivity contribution in [3.05, 3.63) is 42.3 Å². The molecule has 1 aliphatic rings. The molecule has 132 valence electrons. The van der Waals surface area contributed by atoms with E-state index < -0.39 is 0 Å². The fourth-order valence-corrected chi connectivity index (χ4v) is 4.53. The van der Waals surface area contributed by atoms with E-state index in [0.717, 1.165) is 10.7 Å². The molecule has 3 rings (SSSR count). The highest BCUT2D eigenvalue weighted by Crippen LogP contribution is 2.29. The Balaban J connectivity index is 1.76. The van der Waals surface area contributed by atoms with E-state index in [9.17, 15) is 9.59 Å². The molecule has 0 unspecified atom stereocenters. The lowest BCUT2D eigenvalue weighted by molar-refractivity contribution is -0.109. The number of ether oxygens (including phenoxy) is 1. The van der Waals surface area contributed by atoms with Crippen LogP contribution in [0.1, 0.15) is 19.2 Å². The van der Waals surface area contributed by atoms with Gasteiger partial charge in [0.1, 0.15) is 17.3 Å². The summed E-state index contributed by atoms with van der Waals surface area (Å²) in [6, 6.07) is -0.125. The van der Waals surface area contributed by atoms with Crippen LogP contribution in [0, 0.1) is 0 Å². The molecule has 0 spiro atoms. The lowest BCUT2D eigenvalue weighted by atomic mass is 10.2. The van der Waals surface area contributed by atoms with Gasteiger partial charge in [-0.3, -0.25) is 9.20 Å². The highest BCUT2D eigenvalue weighted by Gasteiger charge is 2.35. The van der Waals surface area contributed by atoms with Gasteiger partial charge in [-0.05, 0) is 12.5 Å². The van der Waals surface area contributed by atoms with E-state index in [-0.39, 0.29) is 29.1 Å². The number of fused-ring (bicyclic) bond motifs is 1. The quantitative estimate of drug-likeness (QED) is 0.747. The van der Waals surface area contributed by atoms with Crippen molar-refractivity contribution in [3.63, 3.8) is 0 Å². The minimum absolute atomic E-state index is 0.0577. The molecule has 25 heavy (non-hydrogen) atoms. The summed E-state index contributed by atoms with van der Waals surface area (Å²) in [5, 5.41) is 2.13. The Morgan fingerprint density at radius 2 is 2.40 bits per heavy atom. The number of hydrogen-bond acceptors (Lipinski definition) is 6. The van der Waals surface area contributed by atoms with Gasteiger partial charge in [-0.25, -0.2) is 9.78 Å². The van der Waals surface area contributed by atoms with E-state index in [0.29, 0.717) is 13.0 Å². The first-order valence-corrected chi connectivity index (χ1v) is 9.64. The second kappa shape index (κ2) is 7.88. The molecular weight excluding hydrogens is 358 g/mol. The molecule has 1 aliphatic heterocycles. The largest absolute Gasteiger partial charge is 0.445 e. The van der Waals surface area contributed by atoms with Crippen molar-refractivity contribution in [2.24, 2.45) is 0 Å². The van der Waals surface area contributed by atoms with Gasteiger partial charge in [0.25, 0.3) is 0 Å². The zero-order chi connectivity index (χ0) is 17.8. The van der Waals surface area contributed by atoms with E-state index in [4.69, 9.17) is 4.74 Å². The van der Waals surface area contributed by atoms with Gasteiger partial charge < -0.3 is 9.64 Å². The van der Waals surface area contributed by atoms with Crippen LogP contribution in [0.4, 0.5) is 4.79 Å². The average Bonchev–Trinajstić information content (AvgIpc) is 3.26. The summed E-state index contributed by atoms with van der Waals surface area (Å²) < 4.78 is 7.17. The SMILES string of the molecule is C=CCOC(=O)N1C[C@@H](SC(C)=O)C[C@H]1C=Cc1ncc2sccn12. The number of likely N-dealkylation sites (tertiary alicyclic amines) is 1. The predicted octanol–water partition coefficient (Wildman–Crippen LogP) is 3.45. The summed E-state index contributed by atoms with van der Waals surface area (Å²) in [6.07, 6.45) is 9.53. The fraction of sp³-hybridized carbons (Fsp3) is 0.353. The Labute approximate surface area is 154 Å². The van der Waals surface area contributed by atoms with E-state index >= 15 is 0 Å². The molecule has 0 radical (unpaired) electrons. The standard InChI is InChI=1S/C17H19N3O3S2/c1-3-7-23-17(22)20-11-14(25-12(2)21)9-13(20)4-5-15-18-10-16-19(15)6-8-24-16/h3-6,8,10,13-14H,1,7,9,11H2,2H3/t13-,14+/m1/s1. The highest BCUT2D eigenvalue weighted by molar-refractivity contribution is 8.14. The number of amides is 1. The van der Waals surface area contributed by atoms with Crippen molar-refractivity contribution in [1.82, 2.24) is 14.3 Å². The van der Waals surface area contributed by atoms with Crippen LogP contribution in [-0.2, 0) is 9.53 Å². The van der Waals surface area contributed by atoms with Crippen molar-refractivity contribution in [3.8, 4) is 0 Å². The molecule has 1 fully saturated rings. The number of carbonyl (C=O) groups is 2. The van der Waals surface area contributed by atoms with Crippen LogP contribution >= 0.6 is 23.1 Å². The molecule has 2 aromatic rings. The normalized spacial score (nSPS) is 20.4. The topological polar surface area (TPSA) is 63.9 Å². The van der Waals surface area contributed by atoms with Crippen molar-refractivity contribution in [2.45, 2.75) is 24.6 Å². The molecule has 0 N–H and O–H groups in total. The number of thioether (sulfide) groups is 1. The maximum absolute atomic E-state index is 12.3. The number of thiazole rings is 1. The zero-order valence-electron chi connectivity index (χ0n) is 13.8. The molecule has 1 amide bonds. The Morgan fingerprint density at radius 3 is 3.16 bits per heavy atom. The number of imidazole rings is 1. The highest BCUT2D eigenvalue weighted by atomic mass is 32.2. The summed E-state index contributed by atoms with van der Waals surface area (Å²) in [7, 11) is 0. The van der Waals surface area contributed by atoms with Crippen LogP contribution in [0.25, 0.3) is 10.9 Å². The van der Waals surface area contributed by atoms with E-state index in [1.165, 1.54) is 11.8 Å². The van der Waals surface area contributed by atoms with E-state index in [1.54, 1.807) is 29.2 Å². The zero-order valence-corrected chi connectivity index (χ0v) is 15.5. The molecule has 3 heterocycles. The van der Waals surface area contributed by atoms with Gasteiger partial charge >= 0.3 is 6.09 Å². The average molecular weight is 377 g/mol. The molecule has 8 heteroatoms. The molecule has 0 saturated carbocycles. The number of aromatic nitrogens is 2. The number of nitrogens with zero attached hydrogens (tertiary/aromatic N) is 3. The molecule has 0 aromatic carbocycles. The molecule has 1 saturated heterocycles. The summed E-state index contributed by atoms with van der Waals surface area (Å²) in [4.78, 5) is 30.8. The molecule has 0 aliphatic carbocycles. The van der Waals surface area contributed by atoms with Gasteiger partial charge in [0, 0.05) is 30.3 Å². The van der Waals surface area contributed by atoms with E-state index in [1.807, 2.05) is 34.3 Å². The first kappa shape index (κ1) is 17.8. The Hall–Kier alpha value is -2.06. The smallest absolute Gasteiger partial charge is 0.410 e. The van der Waals surface area contributed by atoms with Crippen molar-refractivity contribution < 1.29 is 14.3 Å². The summed E-state index contributed by atoms with van der Waals surface area (Å²) in [5.74, 6) is 0.818.